The average molecular weight is 600 g/mol. The molecule has 45 heavy (non-hydrogen) atoms. The predicted octanol–water partition coefficient (Wildman–Crippen LogP) is 7.04. The van der Waals surface area contributed by atoms with Gasteiger partial charge in [0.25, 0.3) is 5.91 Å². The smallest absolute Gasteiger partial charge is 0.258 e. The Labute approximate surface area is 263 Å². The minimum atomic E-state index is -0.223. The molecule has 8 bridgehead atoms. The first-order valence-corrected chi connectivity index (χ1v) is 15.2. The lowest BCUT2D eigenvalue weighted by molar-refractivity contribution is -0.123. The van der Waals surface area contributed by atoms with Gasteiger partial charge < -0.3 is 25.0 Å². The Morgan fingerprint density at radius 1 is 0.622 bits per heavy atom. The Morgan fingerprint density at radius 2 is 1.02 bits per heavy atom. The predicted molar refractivity (Wildman–Crippen MR) is 175 cm³/mol. The standard InChI is InChI=1S/C39H37NO5/c1-25(26-10-4-3-5-11-26)40-35(41)24-45-39-33-18-9-19-34(39)23-32-17-8-16-31(38(32)44-2)21-29-14-6-12-27(36(29)42)20-28-13-7-15-30(22-33)37(28)43/h3-19,25,42-43H,20-24H2,1-2H3,(H,40,41)/t25-/m1/s1. The van der Waals surface area contributed by atoms with Crippen molar-refractivity contribution in [3.8, 4) is 23.0 Å². The van der Waals surface area contributed by atoms with Crippen LogP contribution in [-0.4, -0.2) is 29.8 Å². The second kappa shape index (κ2) is 13.2. The van der Waals surface area contributed by atoms with E-state index in [4.69, 9.17) is 9.47 Å². The van der Waals surface area contributed by atoms with Gasteiger partial charge in [-0.2, -0.15) is 0 Å². The van der Waals surface area contributed by atoms with E-state index in [2.05, 4.69) is 5.32 Å². The van der Waals surface area contributed by atoms with Crippen LogP contribution < -0.4 is 14.8 Å². The van der Waals surface area contributed by atoms with Gasteiger partial charge in [-0.25, -0.2) is 0 Å². The minimum absolute atomic E-state index is 0.154. The van der Waals surface area contributed by atoms with Crippen LogP contribution in [0.15, 0.2) is 103 Å². The number of methoxy groups -OCH3 is 1. The Balaban J connectivity index is 1.40. The number of amides is 1. The fraction of sp³-hybridized carbons (Fsp3) is 0.205. The van der Waals surface area contributed by atoms with Gasteiger partial charge in [-0.15, -0.1) is 0 Å². The summed E-state index contributed by atoms with van der Waals surface area (Å²) < 4.78 is 12.3. The summed E-state index contributed by atoms with van der Waals surface area (Å²) >= 11 is 0. The largest absolute Gasteiger partial charge is 0.507 e. The third kappa shape index (κ3) is 6.50. The number of carbonyl (C=O) groups is 1. The number of nitrogens with one attached hydrogen (secondary N) is 1. The van der Waals surface area contributed by atoms with Crippen molar-refractivity contribution in [3.05, 3.63) is 153 Å². The van der Waals surface area contributed by atoms with Crippen molar-refractivity contribution < 1.29 is 24.5 Å². The molecule has 0 saturated heterocycles. The number of hydrogen-bond donors (Lipinski definition) is 3. The van der Waals surface area contributed by atoms with Crippen LogP contribution in [-0.2, 0) is 30.5 Å². The highest BCUT2D eigenvalue weighted by Gasteiger charge is 2.20. The molecule has 1 aliphatic carbocycles. The second-order valence-electron chi connectivity index (χ2n) is 11.6. The zero-order valence-corrected chi connectivity index (χ0v) is 25.5. The number of para-hydroxylation sites is 4. The first kappa shape index (κ1) is 29.8. The molecule has 0 aliphatic heterocycles. The van der Waals surface area contributed by atoms with Crippen LogP contribution in [0.25, 0.3) is 0 Å². The molecule has 0 saturated carbocycles. The highest BCUT2D eigenvalue weighted by molar-refractivity contribution is 5.78. The quantitative estimate of drug-likeness (QED) is 0.191. The van der Waals surface area contributed by atoms with Crippen molar-refractivity contribution in [3.63, 3.8) is 0 Å². The minimum Gasteiger partial charge on any atom is -0.507 e. The van der Waals surface area contributed by atoms with E-state index < -0.39 is 0 Å². The molecule has 6 heteroatoms. The Morgan fingerprint density at radius 3 is 1.49 bits per heavy atom. The lowest BCUT2D eigenvalue weighted by Crippen LogP contribution is -2.31. The summed E-state index contributed by atoms with van der Waals surface area (Å²) in [6, 6.07) is 33.1. The van der Waals surface area contributed by atoms with Gasteiger partial charge in [0.1, 0.15) is 23.0 Å². The van der Waals surface area contributed by atoms with E-state index in [1.165, 1.54) is 0 Å². The van der Waals surface area contributed by atoms with Crippen LogP contribution in [0.2, 0.25) is 0 Å². The highest BCUT2D eigenvalue weighted by atomic mass is 16.5. The Hall–Kier alpha value is -5.23. The van der Waals surface area contributed by atoms with Crippen LogP contribution >= 0.6 is 0 Å². The molecule has 0 unspecified atom stereocenters. The number of fused-ring (bicyclic) bond motifs is 8. The molecule has 1 atom stereocenters. The molecule has 5 aromatic carbocycles. The molecular weight excluding hydrogens is 562 g/mol. The summed E-state index contributed by atoms with van der Waals surface area (Å²) in [5.74, 6) is 1.56. The van der Waals surface area contributed by atoms with Gasteiger partial charge in [-0.1, -0.05) is 103 Å². The molecule has 0 spiro atoms. The van der Waals surface area contributed by atoms with Crippen molar-refractivity contribution >= 4 is 5.91 Å². The Bertz CT molecular complexity index is 1830. The van der Waals surface area contributed by atoms with Gasteiger partial charge in [0, 0.05) is 25.7 Å². The molecule has 0 fully saturated rings. The van der Waals surface area contributed by atoms with E-state index in [1.807, 2.05) is 110 Å². The summed E-state index contributed by atoms with van der Waals surface area (Å²) in [6.07, 6.45) is 1.75. The lowest BCUT2D eigenvalue weighted by atomic mass is 9.91. The van der Waals surface area contributed by atoms with Crippen molar-refractivity contribution in [2.24, 2.45) is 0 Å². The maximum absolute atomic E-state index is 13.1. The molecule has 0 radical (unpaired) electrons. The number of carbonyl (C=O) groups excluding carboxylic acids is 1. The normalized spacial score (nSPS) is 13.0. The van der Waals surface area contributed by atoms with E-state index in [9.17, 15) is 15.0 Å². The third-order valence-electron chi connectivity index (χ3n) is 8.51. The Kier molecular flexibility index (Phi) is 8.74. The number of ether oxygens (including phenoxy) is 2. The average Bonchev–Trinajstić information content (AvgIpc) is 3.04. The van der Waals surface area contributed by atoms with Crippen LogP contribution in [0, 0.1) is 0 Å². The van der Waals surface area contributed by atoms with Crippen molar-refractivity contribution in [2.75, 3.05) is 13.7 Å². The number of hydrogen-bond acceptors (Lipinski definition) is 5. The van der Waals surface area contributed by atoms with Gasteiger partial charge in [0.05, 0.1) is 13.2 Å². The molecular formula is C39H37NO5. The molecule has 5 aromatic rings. The van der Waals surface area contributed by atoms with E-state index in [0.717, 1.165) is 55.8 Å². The van der Waals surface area contributed by atoms with Crippen LogP contribution in [0.3, 0.4) is 0 Å². The summed E-state index contributed by atoms with van der Waals surface area (Å²) in [5, 5.41) is 25.7. The summed E-state index contributed by atoms with van der Waals surface area (Å²) in [7, 11) is 1.66. The van der Waals surface area contributed by atoms with Crippen LogP contribution in [0.5, 0.6) is 23.0 Å². The SMILES string of the molecule is COc1c2cccc1Cc1cccc(c1OCC(=O)N[C@H](C)c1ccccc1)Cc1cccc(c1O)Cc1cccc(c1O)C2. The molecule has 3 N–H and O–H groups in total. The molecule has 1 aliphatic rings. The monoisotopic (exact) mass is 599 g/mol. The molecule has 228 valence electrons. The van der Waals surface area contributed by atoms with Gasteiger partial charge in [-0.3, -0.25) is 4.79 Å². The van der Waals surface area contributed by atoms with E-state index in [0.29, 0.717) is 31.4 Å². The van der Waals surface area contributed by atoms with Crippen molar-refractivity contribution in [2.45, 2.75) is 38.6 Å². The molecule has 1 amide bonds. The molecule has 6 nitrogen and oxygen atoms in total. The number of phenolic OH excluding ortho intramolecular Hbond substituents is 2. The second-order valence-corrected chi connectivity index (χ2v) is 11.6. The number of aromatic hydroxyl groups is 2. The van der Waals surface area contributed by atoms with Gasteiger partial charge in [0.2, 0.25) is 0 Å². The van der Waals surface area contributed by atoms with E-state index >= 15 is 0 Å². The highest BCUT2D eigenvalue weighted by Crippen LogP contribution is 2.37. The number of rotatable bonds is 6. The summed E-state index contributed by atoms with van der Waals surface area (Å²) in [6.45, 7) is 1.80. The third-order valence-corrected chi connectivity index (χ3v) is 8.51. The first-order valence-electron chi connectivity index (χ1n) is 15.2. The van der Waals surface area contributed by atoms with Gasteiger partial charge >= 0.3 is 0 Å². The molecule has 0 aromatic heterocycles. The van der Waals surface area contributed by atoms with Gasteiger partial charge in [0.15, 0.2) is 6.61 Å². The zero-order chi connectivity index (χ0) is 31.3. The first-order chi connectivity index (χ1) is 21.9. The van der Waals surface area contributed by atoms with Crippen LogP contribution in [0.1, 0.15) is 63.0 Å². The lowest BCUT2D eigenvalue weighted by Gasteiger charge is -2.20. The van der Waals surface area contributed by atoms with E-state index in [-0.39, 0.29) is 30.1 Å². The van der Waals surface area contributed by atoms with Crippen LogP contribution in [0.4, 0.5) is 0 Å². The maximum atomic E-state index is 13.1. The van der Waals surface area contributed by atoms with Crippen molar-refractivity contribution in [1.29, 1.82) is 0 Å². The van der Waals surface area contributed by atoms with E-state index in [1.54, 1.807) is 7.11 Å². The fourth-order valence-corrected chi connectivity index (χ4v) is 6.21. The summed E-state index contributed by atoms with van der Waals surface area (Å²) in [4.78, 5) is 13.1. The zero-order valence-electron chi connectivity index (χ0n) is 25.5. The maximum Gasteiger partial charge on any atom is 0.258 e. The van der Waals surface area contributed by atoms with Gasteiger partial charge in [-0.05, 0) is 57.0 Å². The summed E-state index contributed by atoms with van der Waals surface area (Å²) in [5.41, 5.74) is 7.67. The number of phenols is 2. The molecule has 0 heterocycles. The van der Waals surface area contributed by atoms with Crippen molar-refractivity contribution in [1.82, 2.24) is 5.32 Å². The number of benzene rings is 5. The molecule has 6 rings (SSSR count). The topological polar surface area (TPSA) is 88.0 Å². The fourth-order valence-electron chi connectivity index (χ4n) is 6.21.